The van der Waals surface area contributed by atoms with Crippen molar-refractivity contribution >= 4 is 5.78 Å². The smallest absolute Gasteiger partial charge is 0.173 e. The minimum Gasteiger partial charge on any atom is -0.482 e. The minimum absolute atomic E-state index is 0.259. The van der Waals surface area contributed by atoms with Crippen LogP contribution in [0, 0.1) is 18.8 Å². The summed E-state index contributed by atoms with van der Waals surface area (Å²) >= 11 is 0. The largest absolute Gasteiger partial charge is 0.482 e. The van der Waals surface area contributed by atoms with Crippen molar-refractivity contribution < 1.29 is 9.53 Å². The topological polar surface area (TPSA) is 26.3 Å². The predicted molar refractivity (Wildman–Crippen MR) is 70.8 cm³/mol. The summed E-state index contributed by atoms with van der Waals surface area (Å²) in [6.07, 6.45) is 3.94. The number of carbonyl (C=O) groups is 1. The highest BCUT2D eigenvalue weighted by Gasteiger charge is 2.34. The zero-order chi connectivity index (χ0) is 12.7. The average Bonchev–Trinajstić information content (AvgIpc) is 2.29. The molecule has 1 atom stereocenters. The van der Waals surface area contributed by atoms with Gasteiger partial charge in [0.05, 0.1) is 0 Å². The van der Waals surface area contributed by atoms with Crippen LogP contribution in [-0.4, -0.2) is 11.9 Å². The lowest BCUT2D eigenvalue weighted by Crippen LogP contribution is -2.34. The summed E-state index contributed by atoms with van der Waals surface area (Å²) in [5.41, 5.74) is 2.42. The molecule has 0 N–H and O–H groups in total. The van der Waals surface area contributed by atoms with E-state index in [9.17, 15) is 4.79 Å². The molecule has 1 aromatic rings. The number of fused-ring (bicyclic) bond motifs is 3. The van der Waals surface area contributed by atoms with Crippen molar-refractivity contribution in [2.75, 3.05) is 0 Å². The first-order valence-corrected chi connectivity index (χ1v) is 6.91. The van der Waals surface area contributed by atoms with Crippen LogP contribution in [0.5, 0.6) is 5.75 Å². The zero-order valence-electron chi connectivity index (χ0n) is 11.1. The van der Waals surface area contributed by atoms with Crippen LogP contribution in [0.15, 0.2) is 18.2 Å². The van der Waals surface area contributed by atoms with E-state index in [2.05, 4.69) is 25.1 Å². The highest BCUT2D eigenvalue weighted by Crippen LogP contribution is 2.41. The minimum atomic E-state index is -0.304. The molecule has 2 aliphatic heterocycles. The van der Waals surface area contributed by atoms with Gasteiger partial charge in [-0.1, -0.05) is 18.2 Å². The van der Waals surface area contributed by atoms with Gasteiger partial charge in [-0.05, 0) is 56.1 Å². The monoisotopic (exact) mass is 244 g/mol. The molecule has 2 nitrogen and oxygen atoms in total. The van der Waals surface area contributed by atoms with Crippen LogP contribution in [-0.2, 0) is 11.2 Å². The summed E-state index contributed by atoms with van der Waals surface area (Å²) in [6.45, 7) is 3.95. The predicted octanol–water partition coefficient (Wildman–Crippen LogP) is 3.30. The lowest BCUT2D eigenvalue weighted by Gasteiger charge is -2.37. The van der Waals surface area contributed by atoms with E-state index in [1.807, 2.05) is 6.92 Å². The van der Waals surface area contributed by atoms with Gasteiger partial charge in [0.2, 0.25) is 0 Å². The van der Waals surface area contributed by atoms with Gasteiger partial charge in [-0.3, -0.25) is 4.79 Å². The van der Waals surface area contributed by atoms with Gasteiger partial charge >= 0.3 is 0 Å². The Morgan fingerprint density at radius 2 is 1.89 bits per heavy atom. The summed E-state index contributed by atoms with van der Waals surface area (Å²) < 4.78 is 5.93. The van der Waals surface area contributed by atoms with E-state index in [0.29, 0.717) is 12.3 Å². The number of carbonyl (C=O) groups excluding carboxylic acids is 1. The van der Waals surface area contributed by atoms with Gasteiger partial charge < -0.3 is 4.74 Å². The Morgan fingerprint density at radius 3 is 2.67 bits per heavy atom. The fraction of sp³-hybridized carbons (Fsp3) is 0.562. The standard InChI is InChI=1S/C16H20O2/c1-10-4-3-5-14-8-12-6-13(7-12)9-15(17)11(2)18-16(10)14/h3-5,11-13H,6-9H2,1-2H3/t11-,12?,13?/m1/s1. The Kier molecular flexibility index (Phi) is 2.89. The quantitative estimate of drug-likeness (QED) is 0.700. The summed E-state index contributed by atoms with van der Waals surface area (Å²) in [6, 6.07) is 6.30. The summed E-state index contributed by atoms with van der Waals surface area (Å²) in [5.74, 6) is 2.57. The van der Waals surface area contributed by atoms with Gasteiger partial charge in [-0.15, -0.1) is 0 Å². The Balaban J connectivity index is 1.96. The van der Waals surface area contributed by atoms with Crippen LogP contribution in [0.1, 0.15) is 37.3 Å². The van der Waals surface area contributed by atoms with Crippen molar-refractivity contribution in [1.29, 1.82) is 0 Å². The van der Waals surface area contributed by atoms with Crippen molar-refractivity contribution in [3.8, 4) is 5.75 Å². The van der Waals surface area contributed by atoms with Crippen molar-refractivity contribution in [2.24, 2.45) is 11.8 Å². The molecule has 2 heteroatoms. The molecule has 0 aromatic heterocycles. The van der Waals surface area contributed by atoms with E-state index in [-0.39, 0.29) is 11.9 Å². The molecule has 0 unspecified atom stereocenters. The van der Waals surface area contributed by atoms with E-state index in [0.717, 1.165) is 23.7 Å². The number of aryl methyl sites for hydroxylation is 1. The third-order valence-electron chi connectivity index (χ3n) is 4.37. The van der Waals surface area contributed by atoms with Gasteiger partial charge in [0.1, 0.15) is 5.75 Å². The van der Waals surface area contributed by atoms with Crippen molar-refractivity contribution in [1.82, 2.24) is 0 Å². The molecule has 4 rings (SSSR count). The molecule has 2 bridgehead atoms. The van der Waals surface area contributed by atoms with Crippen molar-refractivity contribution in [2.45, 2.75) is 45.6 Å². The lowest BCUT2D eigenvalue weighted by molar-refractivity contribution is -0.127. The molecule has 0 spiro atoms. The van der Waals surface area contributed by atoms with E-state index in [4.69, 9.17) is 4.74 Å². The molecule has 1 aromatic carbocycles. The Morgan fingerprint density at radius 1 is 1.17 bits per heavy atom. The number of rotatable bonds is 0. The van der Waals surface area contributed by atoms with Crippen LogP contribution in [0.25, 0.3) is 0 Å². The first-order chi connectivity index (χ1) is 8.63. The van der Waals surface area contributed by atoms with Crippen LogP contribution < -0.4 is 4.74 Å². The average molecular weight is 244 g/mol. The lowest BCUT2D eigenvalue weighted by atomic mass is 9.69. The van der Waals surface area contributed by atoms with Crippen LogP contribution in [0.3, 0.4) is 0 Å². The molecule has 18 heavy (non-hydrogen) atoms. The first kappa shape index (κ1) is 11.8. The molecular formula is C16H20O2. The molecule has 1 saturated carbocycles. The maximum Gasteiger partial charge on any atom is 0.173 e. The number of para-hydroxylation sites is 1. The van der Waals surface area contributed by atoms with Crippen LogP contribution in [0.2, 0.25) is 0 Å². The van der Waals surface area contributed by atoms with Crippen molar-refractivity contribution in [3.63, 3.8) is 0 Å². The van der Waals surface area contributed by atoms with Crippen LogP contribution in [0.4, 0.5) is 0 Å². The number of ketones is 1. The molecule has 0 amide bonds. The molecule has 0 radical (unpaired) electrons. The molecule has 3 aliphatic rings. The number of ether oxygens (including phenoxy) is 1. The Bertz CT molecular complexity index is 472. The SMILES string of the molecule is Cc1cccc2c1O[C@H](C)C(=O)CC1CC(C2)C1. The third kappa shape index (κ3) is 2.05. The van der Waals surface area contributed by atoms with Gasteiger partial charge in [0.25, 0.3) is 0 Å². The molecular weight excluding hydrogens is 224 g/mol. The molecule has 96 valence electrons. The Labute approximate surface area is 108 Å². The number of benzene rings is 1. The van der Waals surface area contributed by atoms with Gasteiger partial charge in [0.15, 0.2) is 11.9 Å². The maximum absolute atomic E-state index is 12.1. The summed E-state index contributed by atoms with van der Waals surface area (Å²) in [4.78, 5) is 12.1. The summed E-state index contributed by atoms with van der Waals surface area (Å²) in [5, 5.41) is 0. The normalized spacial score (nSPS) is 31.0. The molecule has 1 fully saturated rings. The fourth-order valence-electron chi connectivity index (χ4n) is 3.25. The second-order valence-corrected chi connectivity index (χ2v) is 5.90. The number of hydrogen-bond donors (Lipinski definition) is 0. The number of hydrogen-bond acceptors (Lipinski definition) is 2. The van der Waals surface area contributed by atoms with E-state index in [1.54, 1.807) is 0 Å². The molecule has 0 saturated heterocycles. The second kappa shape index (κ2) is 4.42. The summed E-state index contributed by atoms with van der Waals surface area (Å²) in [7, 11) is 0. The van der Waals surface area contributed by atoms with E-state index in [1.165, 1.54) is 18.4 Å². The number of Topliss-reactive ketones (excluding diaryl/α,β-unsaturated/α-hetero) is 1. The third-order valence-corrected chi connectivity index (χ3v) is 4.37. The van der Waals surface area contributed by atoms with Gasteiger partial charge in [-0.2, -0.15) is 0 Å². The fourth-order valence-corrected chi connectivity index (χ4v) is 3.25. The second-order valence-electron chi connectivity index (χ2n) is 5.90. The van der Waals surface area contributed by atoms with Gasteiger partial charge in [-0.25, -0.2) is 0 Å². The molecule has 2 heterocycles. The molecule has 1 aliphatic carbocycles. The first-order valence-electron chi connectivity index (χ1n) is 6.91. The Hall–Kier alpha value is -1.31. The van der Waals surface area contributed by atoms with Crippen molar-refractivity contribution in [3.05, 3.63) is 29.3 Å². The van der Waals surface area contributed by atoms with E-state index < -0.39 is 0 Å². The highest BCUT2D eigenvalue weighted by molar-refractivity contribution is 5.83. The highest BCUT2D eigenvalue weighted by atomic mass is 16.5. The van der Waals surface area contributed by atoms with Gasteiger partial charge in [0, 0.05) is 6.42 Å². The van der Waals surface area contributed by atoms with Crippen LogP contribution >= 0.6 is 0 Å². The van der Waals surface area contributed by atoms with E-state index >= 15 is 0 Å². The zero-order valence-corrected chi connectivity index (χ0v) is 11.1. The maximum atomic E-state index is 12.1.